The molecule has 0 heterocycles. The number of rotatable bonds is 9. The molecule has 0 aromatic heterocycles. The van der Waals surface area contributed by atoms with Gasteiger partial charge in [0.15, 0.2) is 0 Å². The number of nitrogens with zero attached hydrogens (tertiary/aromatic N) is 1. The molecule has 0 aliphatic rings. The standard InChI is InChI=1S/C21H29NO2/c1-17(2)13-22(14-19-9-7-8-18(3)12-19)15-20(23)16-24-21-10-5-4-6-11-21/h4-12,17,20,23H,13-16H2,1-3H3/t20-/m0/s1. The monoisotopic (exact) mass is 327 g/mol. The Balaban J connectivity index is 1.89. The van der Waals surface area contributed by atoms with Crippen LogP contribution in [0.5, 0.6) is 5.75 Å². The van der Waals surface area contributed by atoms with Crippen LogP contribution < -0.4 is 4.74 Å². The first-order valence-electron chi connectivity index (χ1n) is 8.66. The Morgan fingerprint density at radius 1 is 1.00 bits per heavy atom. The molecule has 130 valence electrons. The summed E-state index contributed by atoms with van der Waals surface area (Å²) < 4.78 is 5.67. The SMILES string of the molecule is Cc1cccc(CN(CC(C)C)C[C@H](O)COc2ccccc2)c1. The minimum atomic E-state index is -0.506. The second-order valence-corrected chi connectivity index (χ2v) is 6.85. The van der Waals surface area contributed by atoms with Gasteiger partial charge in [-0.05, 0) is 30.5 Å². The lowest BCUT2D eigenvalue weighted by Crippen LogP contribution is -2.37. The van der Waals surface area contributed by atoms with E-state index in [0.29, 0.717) is 19.1 Å². The maximum Gasteiger partial charge on any atom is 0.119 e. The molecule has 0 aliphatic carbocycles. The van der Waals surface area contributed by atoms with Crippen LogP contribution in [0.15, 0.2) is 54.6 Å². The van der Waals surface area contributed by atoms with Crippen LogP contribution >= 0.6 is 0 Å². The largest absolute Gasteiger partial charge is 0.491 e. The molecular weight excluding hydrogens is 298 g/mol. The van der Waals surface area contributed by atoms with Gasteiger partial charge < -0.3 is 9.84 Å². The van der Waals surface area contributed by atoms with Crippen LogP contribution in [0.4, 0.5) is 0 Å². The zero-order valence-electron chi connectivity index (χ0n) is 15.0. The lowest BCUT2D eigenvalue weighted by molar-refractivity contribution is 0.0615. The molecule has 24 heavy (non-hydrogen) atoms. The Kier molecular flexibility index (Phi) is 7.29. The Morgan fingerprint density at radius 2 is 1.75 bits per heavy atom. The van der Waals surface area contributed by atoms with Gasteiger partial charge in [0.2, 0.25) is 0 Å². The first kappa shape index (κ1) is 18.5. The Hall–Kier alpha value is -1.84. The number of hydrogen-bond donors (Lipinski definition) is 1. The van der Waals surface area contributed by atoms with Gasteiger partial charge in [-0.15, -0.1) is 0 Å². The maximum absolute atomic E-state index is 10.4. The molecule has 0 amide bonds. The van der Waals surface area contributed by atoms with Crippen LogP contribution in [0, 0.1) is 12.8 Å². The number of aliphatic hydroxyl groups excluding tert-OH is 1. The third kappa shape index (κ3) is 6.73. The number of hydrogen-bond acceptors (Lipinski definition) is 3. The van der Waals surface area contributed by atoms with Gasteiger partial charge in [-0.3, -0.25) is 4.90 Å². The van der Waals surface area contributed by atoms with E-state index in [1.165, 1.54) is 11.1 Å². The number of benzene rings is 2. The highest BCUT2D eigenvalue weighted by atomic mass is 16.5. The topological polar surface area (TPSA) is 32.7 Å². The minimum absolute atomic E-state index is 0.312. The summed E-state index contributed by atoms with van der Waals surface area (Å²) in [6, 6.07) is 18.2. The van der Waals surface area contributed by atoms with Gasteiger partial charge >= 0.3 is 0 Å². The molecule has 0 spiro atoms. The quantitative estimate of drug-likeness (QED) is 0.758. The minimum Gasteiger partial charge on any atom is -0.491 e. The van der Waals surface area contributed by atoms with Crippen molar-refractivity contribution in [1.29, 1.82) is 0 Å². The van der Waals surface area contributed by atoms with E-state index in [1.807, 2.05) is 30.3 Å². The summed E-state index contributed by atoms with van der Waals surface area (Å²) in [6.07, 6.45) is -0.506. The van der Waals surface area contributed by atoms with Crippen molar-refractivity contribution in [3.63, 3.8) is 0 Å². The molecule has 3 heteroatoms. The first-order chi connectivity index (χ1) is 11.5. The highest BCUT2D eigenvalue weighted by Gasteiger charge is 2.14. The lowest BCUT2D eigenvalue weighted by atomic mass is 10.1. The molecule has 3 nitrogen and oxygen atoms in total. The Morgan fingerprint density at radius 3 is 2.42 bits per heavy atom. The van der Waals surface area contributed by atoms with E-state index in [0.717, 1.165) is 18.8 Å². The van der Waals surface area contributed by atoms with Gasteiger partial charge in [0, 0.05) is 19.6 Å². The van der Waals surface area contributed by atoms with Crippen molar-refractivity contribution in [2.45, 2.75) is 33.4 Å². The average molecular weight is 327 g/mol. The van der Waals surface area contributed by atoms with E-state index in [9.17, 15) is 5.11 Å². The van der Waals surface area contributed by atoms with E-state index in [4.69, 9.17) is 4.74 Å². The van der Waals surface area contributed by atoms with Crippen LogP contribution in [-0.4, -0.2) is 35.8 Å². The van der Waals surface area contributed by atoms with Crippen molar-refractivity contribution in [1.82, 2.24) is 4.90 Å². The first-order valence-corrected chi connectivity index (χ1v) is 8.66. The fourth-order valence-electron chi connectivity index (χ4n) is 2.85. The summed E-state index contributed by atoms with van der Waals surface area (Å²) >= 11 is 0. The third-order valence-corrected chi connectivity index (χ3v) is 3.77. The number of aliphatic hydroxyl groups is 1. The Labute approximate surface area is 145 Å². The van der Waals surface area contributed by atoms with Crippen LogP contribution in [0.3, 0.4) is 0 Å². The average Bonchev–Trinajstić information content (AvgIpc) is 2.53. The second-order valence-electron chi connectivity index (χ2n) is 6.85. The zero-order valence-corrected chi connectivity index (χ0v) is 15.0. The highest BCUT2D eigenvalue weighted by Crippen LogP contribution is 2.12. The molecule has 0 unspecified atom stereocenters. The molecule has 0 bridgehead atoms. The van der Waals surface area contributed by atoms with E-state index >= 15 is 0 Å². The van der Waals surface area contributed by atoms with Crippen LogP contribution in [-0.2, 0) is 6.54 Å². The number of ether oxygens (including phenoxy) is 1. The van der Waals surface area contributed by atoms with Crippen molar-refractivity contribution in [2.75, 3.05) is 19.7 Å². The summed E-state index contributed by atoms with van der Waals surface area (Å²) in [7, 11) is 0. The summed E-state index contributed by atoms with van der Waals surface area (Å²) in [5.74, 6) is 1.35. The summed E-state index contributed by atoms with van der Waals surface area (Å²) in [5, 5.41) is 10.4. The van der Waals surface area contributed by atoms with Gasteiger partial charge in [0.25, 0.3) is 0 Å². The van der Waals surface area contributed by atoms with Gasteiger partial charge in [0.1, 0.15) is 18.5 Å². The normalized spacial score (nSPS) is 12.6. The second kappa shape index (κ2) is 9.45. The molecule has 0 aliphatic heterocycles. The predicted molar refractivity (Wildman–Crippen MR) is 99.2 cm³/mol. The zero-order chi connectivity index (χ0) is 17.4. The summed E-state index contributed by atoms with van der Waals surface area (Å²) in [6.45, 7) is 9.25. The smallest absolute Gasteiger partial charge is 0.119 e. The summed E-state index contributed by atoms with van der Waals surface area (Å²) in [5.41, 5.74) is 2.55. The molecule has 2 rings (SSSR count). The molecule has 1 N–H and O–H groups in total. The van der Waals surface area contributed by atoms with Crippen LogP contribution in [0.25, 0.3) is 0 Å². The van der Waals surface area contributed by atoms with Gasteiger partial charge in [-0.2, -0.15) is 0 Å². The predicted octanol–water partition coefficient (Wildman–Crippen LogP) is 3.89. The van der Waals surface area contributed by atoms with E-state index in [-0.39, 0.29) is 0 Å². The van der Waals surface area contributed by atoms with E-state index < -0.39 is 6.10 Å². The molecule has 0 saturated heterocycles. The van der Waals surface area contributed by atoms with Crippen molar-refractivity contribution < 1.29 is 9.84 Å². The lowest BCUT2D eigenvalue weighted by Gasteiger charge is -2.27. The van der Waals surface area contributed by atoms with Crippen molar-refractivity contribution >= 4 is 0 Å². The fraction of sp³-hybridized carbons (Fsp3) is 0.429. The Bertz CT molecular complexity index is 598. The molecule has 0 saturated carbocycles. The van der Waals surface area contributed by atoms with E-state index in [2.05, 4.69) is 49.9 Å². The van der Waals surface area contributed by atoms with E-state index in [1.54, 1.807) is 0 Å². The molecule has 2 aromatic carbocycles. The molecule has 2 aromatic rings. The highest BCUT2D eigenvalue weighted by molar-refractivity contribution is 5.22. The molecule has 0 radical (unpaired) electrons. The number of aryl methyl sites for hydroxylation is 1. The summed E-state index contributed by atoms with van der Waals surface area (Å²) in [4.78, 5) is 2.30. The van der Waals surface area contributed by atoms with Crippen LogP contribution in [0.1, 0.15) is 25.0 Å². The van der Waals surface area contributed by atoms with Gasteiger partial charge in [0.05, 0.1) is 0 Å². The molecule has 1 atom stereocenters. The van der Waals surface area contributed by atoms with Gasteiger partial charge in [-0.25, -0.2) is 0 Å². The van der Waals surface area contributed by atoms with Crippen LogP contribution in [0.2, 0.25) is 0 Å². The third-order valence-electron chi connectivity index (χ3n) is 3.77. The van der Waals surface area contributed by atoms with Gasteiger partial charge in [-0.1, -0.05) is 61.9 Å². The molecular formula is C21H29NO2. The molecule has 0 fully saturated rings. The maximum atomic E-state index is 10.4. The number of para-hydroxylation sites is 1. The van der Waals surface area contributed by atoms with Crippen molar-refractivity contribution in [3.8, 4) is 5.75 Å². The van der Waals surface area contributed by atoms with Crippen molar-refractivity contribution in [2.24, 2.45) is 5.92 Å². The fourth-order valence-corrected chi connectivity index (χ4v) is 2.85. The van der Waals surface area contributed by atoms with Crippen molar-refractivity contribution in [3.05, 3.63) is 65.7 Å².